The van der Waals surface area contributed by atoms with Crippen LogP contribution in [0.1, 0.15) is 5.69 Å². The van der Waals surface area contributed by atoms with Gasteiger partial charge in [-0.1, -0.05) is 6.07 Å². The number of amides is 2. The minimum Gasteiger partial charge on any atom is -0.493 e. The SMILES string of the molecule is COc1cccc(F)c1Oc1ccc(NS(C)(=O)=O)cc1NC(=O)Nc1nc(CC(=O)O)cs1. The van der Waals surface area contributed by atoms with Gasteiger partial charge in [0, 0.05) is 5.38 Å². The minimum absolute atomic E-state index is 0.00114. The number of hydrogen-bond acceptors (Lipinski definition) is 8. The third-order valence-corrected chi connectivity index (χ3v) is 5.41. The van der Waals surface area contributed by atoms with E-state index in [-0.39, 0.29) is 45.9 Å². The van der Waals surface area contributed by atoms with Crippen LogP contribution < -0.4 is 24.8 Å². The molecule has 34 heavy (non-hydrogen) atoms. The fraction of sp³-hybridized carbons (Fsp3) is 0.150. The number of thiazole rings is 1. The van der Waals surface area contributed by atoms with Crippen molar-refractivity contribution in [1.82, 2.24) is 4.98 Å². The van der Waals surface area contributed by atoms with E-state index >= 15 is 0 Å². The maximum Gasteiger partial charge on any atom is 0.325 e. The maximum absolute atomic E-state index is 14.4. The van der Waals surface area contributed by atoms with Crippen LogP contribution in [0.4, 0.5) is 25.7 Å². The number of carboxylic acid groups (broad SMARTS) is 1. The molecule has 1 aromatic heterocycles. The van der Waals surface area contributed by atoms with Crippen molar-refractivity contribution in [3.8, 4) is 17.2 Å². The molecule has 0 aliphatic heterocycles. The zero-order valence-electron chi connectivity index (χ0n) is 17.8. The van der Waals surface area contributed by atoms with E-state index in [0.717, 1.165) is 23.7 Å². The van der Waals surface area contributed by atoms with Crippen LogP contribution in [0.2, 0.25) is 0 Å². The number of hydrogen-bond donors (Lipinski definition) is 4. The number of benzene rings is 2. The second-order valence-electron chi connectivity index (χ2n) is 6.75. The number of methoxy groups -OCH3 is 1. The van der Waals surface area contributed by atoms with Gasteiger partial charge in [-0.3, -0.25) is 14.8 Å². The highest BCUT2D eigenvalue weighted by Gasteiger charge is 2.17. The Bertz CT molecular complexity index is 1330. The van der Waals surface area contributed by atoms with E-state index in [4.69, 9.17) is 14.6 Å². The van der Waals surface area contributed by atoms with Crippen LogP contribution in [0.15, 0.2) is 41.8 Å². The highest BCUT2D eigenvalue weighted by Crippen LogP contribution is 2.38. The van der Waals surface area contributed by atoms with Gasteiger partial charge in [-0.2, -0.15) is 0 Å². The van der Waals surface area contributed by atoms with Crippen molar-refractivity contribution < 1.29 is 37.0 Å². The second kappa shape index (κ2) is 10.4. The molecule has 4 N–H and O–H groups in total. The first-order valence-corrected chi connectivity index (χ1v) is 12.2. The normalized spacial score (nSPS) is 10.9. The van der Waals surface area contributed by atoms with Gasteiger partial charge in [0.2, 0.25) is 15.8 Å². The summed E-state index contributed by atoms with van der Waals surface area (Å²) in [5, 5.41) is 15.4. The first-order valence-electron chi connectivity index (χ1n) is 9.40. The van der Waals surface area contributed by atoms with Gasteiger partial charge in [-0.25, -0.2) is 22.6 Å². The van der Waals surface area contributed by atoms with Gasteiger partial charge < -0.3 is 19.9 Å². The Kier molecular flexibility index (Phi) is 7.53. The molecule has 2 aromatic carbocycles. The molecule has 0 saturated heterocycles. The van der Waals surface area contributed by atoms with Gasteiger partial charge in [0.05, 0.1) is 36.9 Å². The average Bonchev–Trinajstić information content (AvgIpc) is 3.15. The maximum atomic E-state index is 14.4. The summed E-state index contributed by atoms with van der Waals surface area (Å²) >= 11 is 1.02. The molecule has 3 aromatic rings. The number of aromatic nitrogens is 1. The number of ether oxygens (including phenoxy) is 2. The fourth-order valence-corrected chi connectivity index (χ4v) is 3.96. The third kappa shape index (κ3) is 6.79. The number of aliphatic carboxylic acids is 1. The van der Waals surface area contributed by atoms with Crippen LogP contribution in [0.3, 0.4) is 0 Å². The van der Waals surface area contributed by atoms with Gasteiger partial charge >= 0.3 is 12.0 Å². The summed E-state index contributed by atoms with van der Waals surface area (Å²) in [5.41, 5.74) is 0.380. The molecule has 180 valence electrons. The van der Waals surface area contributed by atoms with Crippen LogP contribution in [0.25, 0.3) is 0 Å². The summed E-state index contributed by atoms with van der Waals surface area (Å²) in [6, 6.07) is 7.27. The summed E-state index contributed by atoms with van der Waals surface area (Å²) < 4.78 is 50.6. The highest BCUT2D eigenvalue weighted by atomic mass is 32.2. The van der Waals surface area contributed by atoms with Crippen molar-refractivity contribution >= 4 is 49.9 Å². The molecule has 1 heterocycles. The molecule has 0 saturated carbocycles. The summed E-state index contributed by atoms with van der Waals surface area (Å²) in [6.45, 7) is 0. The number of sulfonamides is 1. The molecule has 0 aliphatic carbocycles. The lowest BCUT2D eigenvalue weighted by molar-refractivity contribution is -0.136. The molecular weight excluding hydrogens is 491 g/mol. The van der Waals surface area contributed by atoms with Crippen LogP contribution in [0, 0.1) is 5.82 Å². The van der Waals surface area contributed by atoms with Crippen LogP contribution >= 0.6 is 11.3 Å². The highest BCUT2D eigenvalue weighted by molar-refractivity contribution is 7.92. The zero-order valence-corrected chi connectivity index (χ0v) is 19.4. The summed E-state index contributed by atoms with van der Waals surface area (Å²) in [7, 11) is -2.29. The molecule has 0 bridgehead atoms. The summed E-state index contributed by atoms with van der Waals surface area (Å²) in [6.07, 6.45) is 0.653. The van der Waals surface area contributed by atoms with Gasteiger partial charge in [0.1, 0.15) is 0 Å². The number of carbonyl (C=O) groups excluding carboxylic acids is 1. The molecule has 0 spiro atoms. The van der Waals surface area contributed by atoms with E-state index in [1.165, 1.54) is 42.8 Å². The number of carboxylic acids is 1. The first kappa shape index (κ1) is 24.7. The fourth-order valence-electron chi connectivity index (χ4n) is 2.70. The summed E-state index contributed by atoms with van der Waals surface area (Å²) in [4.78, 5) is 27.3. The van der Waals surface area contributed by atoms with Crippen molar-refractivity contribution in [3.05, 3.63) is 53.3 Å². The van der Waals surface area contributed by atoms with Crippen molar-refractivity contribution in [1.29, 1.82) is 0 Å². The van der Waals surface area contributed by atoms with E-state index in [1.54, 1.807) is 0 Å². The summed E-state index contributed by atoms with van der Waals surface area (Å²) in [5.74, 6) is -1.94. The zero-order chi connectivity index (χ0) is 24.9. The average molecular weight is 511 g/mol. The molecular formula is C20H19FN4O7S2. The first-order chi connectivity index (χ1) is 16.0. The Balaban J connectivity index is 1.88. The number of anilines is 3. The van der Waals surface area contributed by atoms with Crippen molar-refractivity contribution in [2.45, 2.75) is 6.42 Å². The molecule has 0 unspecified atom stereocenters. The van der Waals surface area contributed by atoms with Crippen molar-refractivity contribution in [2.24, 2.45) is 0 Å². The number of halogens is 1. The third-order valence-electron chi connectivity index (χ3n) is 4.00. The smallest absolute Gasteiger partial charge is 0.325 e. The number of rotatable bonds is 9. The lowest BCUT2D eigenvalue weighted by Crippen LogP contribution is -2.20. The van der Waals surface area contributed by atoms with Crippen molar-refractivity contribution in [2.75, 3.05) is 28.7 Å². The van der Waals surface area contributed by atoms with Gasteiger partial charge in [0.15, 0.2) is 22.4 Å². The van der Waals surface area contributed by atoms with Crippen molar-refractivity contribution in [3.63, 3.8) is 0 Å². The van der Waals surface area contributed by atoms with Crippen LogP contribution in [0.5, 0.6) is 17.2 Å². The Morgan fingerprint density at radius 2 is 1.94 bits per heavy atom. The number of carbonyl (C=O) groups is 2. The molecule has 3 rings (SSSR count). The number of para-hydroxylation sites is 1. The van der Waals surface area contributed by atoms with E-state index < -0.39 is 27.8 Å². The predicted molar refractivity (Wildman–Crippen MR) is 124 cm³/mol. The van der Waals surface area contributed by atoms with E-state index in [2.05, 4.69) is 20.3 Å². The van der Waals surface area contributed by atoms with Gasteiger partial charge in [0.25, 0.3) is 0 Å². The minimum atomic E-state index is -3.62. The van der Waals surface area contributed by atoms with E-state index in [0.29, 0.717) is 0 Å². The number of urea groups is 1. The number of nitrogens with one attached hydrogen (secondary N) is 3. The lowest BCUT2D eigenvalue weighted by Gasteiger charge is -2.16. The van der Waals surface area contributed by atoms with E-state index in [9.17, 15) is 22.4 Å². The number of nitrogens with zero attached hydrogens (tertiary/aromatic N) is 1. The van der Waals surface area contributed by atoms with Crippen LogP contribution in [-0.4, -0.2) is 43.9 Å². The largest absolute Gasteiger partial charge is 0.493 e. The Morgan fingerprint density at radius 1 is 1.18 bits per heavy atom. The topological polar surface area (TPSA) is 156 Å². The Morgan fingerprint density at radius 3 is 2.62 bits per heavy atom. The Labute approximate surface area is 197 Å². The van der Waals surface area contributed by atoms with Gasteiger partial charge in [-0.05, 0) is 30.3 Å². The quantitative estimate of drug-likeness (QED) is 0.339. The molecule has 0 aliphatic rings. The van der Waals surface area contributed by atoms with Crippen LogP contribution in [-0.2, 0) is 21.2 Å². The van der Waals surface area contributed by atoms with E-state index in [1.807, 2.05) is 0 Å². The molecule has 0 atom stereocenters. The molecule has 0 radical (unpaired) electrons. The lowest BCUT2D eigenvalue weighted by atomic mass is 10.2. The molecule has 0 fully saturated rings. The van der Waals surface area contributed by atoms with Gasteiger partial charge in [-0.15, -0.1) is 11.3 Å². The molecule has 2 amide bonds. The predicted octanol–water partition coefficient (Wildman–Crippen LogP) is 3.73. The molecule has 14 heteroatoms. The standard InChI is InChI=1S/C20H19FN4O7S2/c1-31-16-5-3-4-13(21)18(16)32-15-7-6-11(25-34(2,29)30)8-14(15)23-19(28)24-20-22-12(10-33-20)9-17(26)27/h3-8,10,25H,9H2,1-2H3,(H,26,27)(H2,22,23,24,28). The monoisotopic (exact) mass is 510 g/mol. The Hall–Kier alpha value is -3.91. The molecule has 11 nitrogen and oxygen atoms in total. The second-order valence-corrected chi connectivity index (χ2v) is 9.36.